The highest BCUT2D eigenvalue weighted by molar-refractivity contribution is 7.85. The summed E-state index contributed by atoms with van der Waals surface area (Å²) >= 11 is 0. The highest BCUT2D eigenvalue weighted by Gasteiger charge is 1.99. The lowest BCUT2D eigenvalue weighted by Gasteiger charge is -2.05. The molecule has 0 unspecified atom stereocenters. The maximum Gasteiger partial charge on any atom is 0.212 e. The smallest absolute Gasteiger partial charge is 0.212 e. The zero-order valence-corrected chi connectivity index (χ0v) is 13.2. The van der Waals surface area contributed by atoms with E-state index in [2.05, 4.69) is 54.2 Å². The highest BCUT2D eigenvalue weighted by atomic mass is 32.2. The molecule has 4 nitrogen and oxygen atoms in total. The summed E-state index contributed by atoms with van der Waals surface area (Å²) in [6, 6.07) is 18.3. The largest absolute Gasteiger partial charge is 0.744 e. The van der Waals surface area contributed by atoms with E-state index in [9.17, 15) is 13.0 Å². The third-order valence-electron chi connectivity index (χ3n) is 3.21. The fourth-order valence-electron chi connectivity index (χ4n) is 2.01. The van der Waals surface area contributed by atoms with Crippen molar-refractivity contribution in [1.82, 2.24) is 0 Å². The maximum atomic E-state index is 10.4. The van der Waals surface area contributed by atoms with Crippen molar-refractivity contribution in [3.8, 4) is 0 Å². The predicted octanol–water partition coefficient (Wildman–Crippen LogP) is 2.56. The molecule has 1 heterocycles. The Morgan fingerprint density at radius 3 is 2.09 bits per heavy atom. The summed E-state index contributed by atoms with van der Waals surface area (Å²) < 4.78 is 33.3. The molecule has 0 aliphatic rings. The Morgan fingerprint density at radius 2 is 1.50 bits per heavy atom. The average molecular weight is 315 g/mol. The summed E-state index contributed by atoms with van der Waals surface area (Å²) in [6.07, 6.45) is 2.06. The lowest BCUT2D eigenvalue weighted by Crippen LogP contribution is -2.27. The van der Waals surface area contributed by atoms with Gasteiger partial charge in [0.1, 0.15) is 17.2 Å². The van der Waals surface area contributed by atoms with E-state index < -0.39 is 10.1 Å². The van der Waals surface area contributed by atoms with Gasteiger partial charge in [-0.25, -0.2) is 13.0 Å². The summed E-state index contributed by atoms with van der Waals surface area (Å²) in [5.41, 5.74) is 2.20. The highest BCUT2D eigenvalue weighted by Crippen LogP contribution is 2.08. The van der Waals surface area contributed by atoms with Crippen LogP contribution in [0.25, 0.3) is 10.9 Å². The lowest BCUT2D eigenvalue weighted by atomic mass is 10.2. The van der Waals surface area contributed by atoms with E-state index in [1.165, 1.54) is 23.0 Å². The van der Waals surface area contributed by atoms with Crippen molar-refractivity contribution in [2.24, 2.45) is 7.05 Å². The predicted molar refractivity (Wildman–Crippen MR) is 84.3 cm³/mol. The van der Waals surface area contributed by atoms with Crippen molar-refractivity contribution in [1.29, 1.82) is 0 Å². The number of fused-ring (bicyclic) bond motifs is 1. The van der Waals surface area contributed by atoms with E-state index in [0.29, 0.717) is 0 Å². The zero-order valence-electron chi connectivity index (χ0n) is 12.4. The molecule has 0 atom stereocenters. The van der Waals surface area contributed by atoms with Crippen LogP contribution < -0.4 is 4.57 Å². The molecule has 0 amide bonds. The number of aromatic nitrogens is 1. The lowest BCUT2D eigenvalue weighted by molar-refractivity contribution is -0.644. The molecule has 1 aromatic heterocycles. The zero-order chi connectivity index (χ0) is 16.2. The Kier molecular flexibility index (Phi) is 4.90. The van der Waals surface area contributed by atoms with Gasteiger partial charge in [0.05, 0.1) is 4.90 Å². The van der Waals surface area contributed by atoms with E-state index in [0.717, 1.165) is 5.56 Å². The second-order valence-corrected chi connectivity index (χ2v) is 6.32. The van der Waals surface area contributed by atoms with Crippen LogP contribution in [0.2, 0.25) is 0 Å². The van der Waals surface area contributed by atoms with Crippen molar-refractivity contribution in [3.05, 3.63) is 72.4 Å². The Bertz CT molecular complexity index is 867. The first-order valence-electron chi connectivity index (χ1n) is 6.74. The third-order valence-corrected chi connectivity index (χ3v) is 4.06. The second kappa shape index (κ2) is 6.68. The second-order valence-electron chi connectivity index (χ2n) is 4.95. The first-order valence-corrected chi connectivity index (χ1v) is 8.15. The van der Waals surface area contributed by atoms with E-state index >= 15 is 0 Å². The van der Waals surface area contributed by atoms with Gasteiger partial charge in [-0.3, -0.25) is 0 Å². The Morgan fingerprint density at radius 1 is 0.909 bits per heavy atom. The number of nitrogens with zero attached hydrogens (tertiary/aromatic N) is 1. The normalized spacial score (nSPS) is 10.9. The van der Waals surface area contributed by atoms with Crippen molar-refractivity contribution in [2.75, 3.05) is 0 Å². The quantitative estimate of drug-likeness (QED) is 0.512. The molecule has 114 valence electrons. The Balaban J connectivity index is 0.000000160. The van der Waals surface area contributed by atoms with Gasteiger partial charge in [0.25, 0.3) is 0 Å². The minimum absolute atomic E-state index is 0.178. The molecule has 0 aliphatic carbocycles. The summed E-state index contributed by atoms with van der Waals surface area (Å²) in [6.45, 7) is 1.82. The van der Waals surface area contributed by atoms with Crippen molar-refractivity contribution < 1.29 is 17.5 Å². The summed E-state index contributed by atoms with van der Waals surface area (Å²) in [4.78, 5) is -0.178. The van der Waals surface area contributed by atoms with Gasteiger partial charge in [-0.1, -0.05) is 29.8 Å². The van der Waals surface area contributed by atoms with Gasteiger partial charge < -0.3 is 4.55 Å². The monoisotopic (exact) mass is 315 g/mol. The van der Waals surface area contributed by atoms with E-state index in [-0.39, 0.29) is 4.90 Å². The molecule has 0 fully saturated rings. The standard InChI is InChI=1S/C10H10N.C7H8O3S/c1-11-8-4-6-9-5-2-3-7-10(9)11;1-6-2-4-7(5-3-6)11(8,9)10/h2-8H,1H3;2-5H,1H3,(H,8,9,10)/q+1;/p-1. The number of para-hydroxylation sites is 1. The molecule has 0 saturated carbocycles. The number of benzene rings is 2. The van der Waals surface area contributed by atoms with Crippen LogP contribution in [-0.2, 0) is 17.2 Å². The SMILES string of the molecule is C[n+]1cccc2ccccc21.Cc1ccc(S(=O)(=O)[O-])cc1. The van der Waals surface area contributed by atoms with Crippen molar-refractivity contribution in [2.45, 2.75) is 11.8 Å². The van der Waals surface area contributed by atoms with Crippen LogP contribution >= 0.6 is 0 Å². The minimum atomic E-state index is -4.27. The molecule has 0 bridgehead atoms. The third kappa shape index (κ3) is 4.13. The van der Waals surface area contributed by atoms with Gasteiger partial charge >= 0.3 is 0 Å². The molecule has 0 saturated heterocycles. The number of rotatable bonds is 1. The molecule has 0 N–H and O–H groups in total. The van der Waals surface area contributed by atoms with E-state index in [1.807, 2.05) is 6.92 Å². The van der Waals surface area contributed by atoms with Gasteiger partial charge in [-0.2, -0.15) is 0 Å². The van der Waals surface area contributed by atoms with Gasteiger partial charge in [-0.15, -0.1) is 0 Å². The fourth-order valence-corrected chi connectivity index (χ4v) is 2.48. The average Bonchev–Trinajstić information content (AvgIpc) is 2.48. The van der Waals surface area contributed by atoms with Crippen LogP contribution in [0.1, 0.15) is 5.56 Å². The molecule has 0 aliphatic heterocycles. The van der Waals surface area contributed by atoms with Crippen LogP contribution in [0.5, 0.6) is 0 Å². The van der Waals surface area contributed by atoms with Crippen LogP contribution in [-0.4, -0.2) is 13.0 Å². The molecule has 3 aromatic rings. The first kappa shape index (κ1) is 16.1. The van der Waals surface area contributed by atoms with Gasteiger partial charge in [0.15, 0.2) is 6.20 Å². The van der Waals surface area contributed by atoms with Crippen molar-refractivity contribution in [3.63, 3.8) is 0 Å². The first-order chi connectivity index (χ1) is 10.4. The van der Waals surface area contributed by atoms with Crippen LogP contribution in [0, 0.1) is 6.92 Å². The number of aryl methyl sites for hydroxylation is 2. The van der Waals surface area contributed by atoms with Gasteiger partial charge in [0, 0.05) is 17.5 Å². The summed E-state index contributed by atoms with van der Waals surface area (Å²) in [5, 5.41) is 1.29. The van der Waals surface area contributed by atoms with Gasteiger partial charge in [-0.05, 0) is 31.2 Å². The van der Waals surface area contributed by atoms with Crippen LogP contribution in [0.3, 0.4) is 0 Å². The molecular formula is C17H17NO3S. The molecule has 22 heavy (non-hydrogen) atoms. The Hall–Kier alpha value is -2.24. The Labute approximate surface area is 130 Å². The number of hydrogen-bond acceptors (Lipinski definition) is 3. The summed E-state index contributed by atoms with van der Waals surface area (Å²) in [5.74, 6) is 0. The molecule has 5 heteroatoms. The van der Waals surface area contributed by atoms with Crippen molar-refractivity contribution >= 4 is 21.0 Å². The molecule has 0 radical (unpaired) electrons. The molecular weight excluding hydrogens is 298 g/mol. The van der Waals surface area contributed by atoms with E-state index in [1.54, 1.807) is 12.1 Å². The minimum Gasteiger partial charge on any atom is -0.744 e. The molecule has 3 rings (SSSR count). The van der Waals surface area contributed by atoms with Gasteiger partial charge in [0.2, 0.25) is 5.52 Å². The maximum absolute atomic E-state index is 10.4. The van der Waals surface area contributed by atoms with Crippen LogP contribution in [0.4, 0.5) is 0 Å². The molecule has 2 aromatic carbocycles. The molecule has 0 spiro atoms. The van der Waals surface area contributed by atoms with Crippen LogP contribution in [0.15, 0.2) is 71.8 Å². The number of pyridine rings is 1. The number of hydrogen-bond donors (Lipinski definition) is 0. The fraction of sp³-hybridized carbons (Fsp3) is 0.118. The summed E-state index contributed by atoms with van der Waals surface area (Å²) in [7, 11) is -2.21. The topological polar surface area (TPSA) is 61.1 Å². The van der Waals surface area contributed by atoms with E-state index in [4.69, 9.17) is 0 Å².